The van der Waals surface area contributed by atoms with E-state index >= 15 is 0 Å². The van der Waals surface area contributed by atoms with E-state index in [9.17, 15) is 13.2 Å². The molecular formula is C18H25N3O4S. The second-order valence-corrected chi connectivity index (χ2v) is 9.34. The average Bonchev–Trinajstić information content (AvgIpc) is 2.53. The summed E-state index contributed by atoms with van der Waals surface area (Å²) in [6, 6.07) is 5.14. The van der Waals surface area contributed by atoms with Gasteiger partial charge in [-0.2, -0.15) is 4.31 Å². The highest BCUT2D eigenvalue weighted by Gasteiger charge is 2.32. The minimum Gasteiger partial charge on any atom is -0.481 e. The number of nitrogens with one attached hydrogen (secondary N) is 1. The number of anilines is 1. The SMILES string of the molecule is CC1CN(S(C)(=O)=O)CCN1C(=O)Nc1cccc2c1OC(C)(C)C=C2. The number of para-hydroxylation sites is 1. The Kier molecular flexibility index (Phi) is 4.74. The van der Waals surface area contributed by atoms with Crippen LogP contribution in [0.1, 0.15) is 26.3 Å². The van der Waals surface area contributed by atoms with Gasteiger partial charge in [0.25, 0.3) is 0 Å². The monoisotopic (exact) mass is 379 g/mol. The van der Waals surface area contributed by atoms with Gasteiger partial charge in [-0.1, -0.05) is 18.2 Å². The number of carbonyl (C=O) groups excluding carboxylic acids is 1. The molecule has 142 valence electrons. The predicted octanol–water partition coefficient (Wildman–Crippen LogP) is 2.37. The molecule has 1 aromatic rings. The Bertz CT molecular complexity index is 848. The Morgan fingerprint density at radius 2 is 2.04 bits per heavy atom. The van der Waals surface area contributed by atoms with Crippen LogP contribution in [-0.4, -0.2) is 61.2 Å². The normalized spacial score (nSPS) is 22.5. The highest BCUT2D eigenvalue weighted by Crippen LogP contribution is 2.37. The first-order chi connectivity index (χ1) is 12.1. The number of nitrogens with zero attached hydrogens (tertiary/aromatic N) is 2. The van der Waals surface area contributed by atoms with Crippen molar-refractivity contribution < 1.29 is 17.9 Å². The third-order valence-corrected chi connectivity index (χ3v) is 5.91. The Labute approximate surface area is 154 Å². The molecule has 1 saturated heterocycles. The molecule has 2 amide bonds. The van der Waals surface area contributed by atoms with Crippen LogP contribution in [0.2, 0.25) is 0 Å². The number of hydrogen-bond donors (Lipinski definition) is 1. The second kappa shape index (κ2) is 6.59. The van der Waals surface area contributed by atoms with Crippen molar-refractivity contribution in [2.24, 2.45) is 0 Å². The first-order valence-corrected chi connectivity index (χ1v) is 10.5. The summed E-state index contributed by atoms with van der Waals surface area (Å²) in [4.78, 5) is 14.4. The van der Waals surface area contributed by atoms with Gasteiger partial charge >= 0.3 is 6.03 Å². The summed E-state index contributed by atoms with van der Waals surface area (Å²) in [6.07, 6.45) is 5.16. The minimum absolute atomic E-state index is 0.213. The van der Waals surface area contributed by atoms with E-state index < -0.39 is 15.6 Å². The number of rotatable bonds is 2. The maximum absolute atomic E-state index is 12.8. The topological polar surface area (TPSA) is 79.0 Å². The molecule has 1 fully saturated rings. The number of urea groups is 1. The lowest BCUT2D eigenvalue weighted by Gasteiger charge is -2.38. The van der Waals surface area contributed by atoms with Crippen LogP contribution >= 0.6 is 0 Å². The highest BCUT2D eigenvalue weighted by atomic mass is 32.2. The van der Waals surface area contributed by atoms with Crippen LogP contribution in [0.25, 0.3) is 6.08 Å². The Morgan fingerprint density at radius 1 is 1.31 bits per heavy atom. The van der Waals surface area contributed by atoms with Gasteiger partial charge in [0.15, 0.2) is 5.75 Å². The standard InChI is InChI=1S/C18H25N3O4S/c1-13-12-20(26(4,23)24)10-11-21(13)17(22)19-15-7-5-6-14-8-9-18(2,3)25-16(14)15/h5-9,13H,10-12H2,1-4H3,(H,19,22). The average molecular weight is 379 g/mol. The Balaban J connectivity index is 1.75. The molecule has 0 aliphatic carbocycles. The van der Waals surface area contributed by atoms with Gasteiger partial charge in [0.1, 0.15) is 5.60 Å². The first kappa shape index (κ1) is 18.7. The number of benzene rings is 1. The zero-order chi connectivity index (χ0) is 19.1. The molecule has 2 aliphatic heterocycles. The van der Waals surface area contributed by atoms with Crippen molar-refractivity contribution in [1.29, 1.82) is 0 Å². The zero-order valence-electron chi connectivity index (χ0n) is 15.5. The third-order valence-electron chi connectivity index (χ3n) is 4.64. The van der Waals surface area contributed by atoms with E-state index in [0.717, 1.165) is 5.56 Å². The smallest absolute Gasteiger partial charge is 0.322 e. The van der Waals surface area contributed by atoms with Crippen LogP contribution in [0.3, 0.4) is 0 Å². The van der Waals surface area contributed by atoms with Crippen molar-refractivity contribution in [2.75, 3.05) is 31.2 Å². The van der Waals surface area contributed by atoms with Crippen molar-refractivity contribution in [3.05, 3.63) is 29.8 Å². The molecule has 1 atom stereocenters. The molecule has 7 nitrogen and oxygen atoms in total. The maximum Gasteiger partial charge on any atom is 0.322 e. The molecule has 1 aromatic carbocycles. The number of amides is 2. The lowest BCUT2D eigenvalue weighted by molar-refractivity contribution is 0.148. The molecule has 2 heterocycles. The molecule has 0 bridgehead atoms. The number of fused-ring (bicyclic) bond motifs is 1. The third kappa shape index (κ3) is 3.86. The molecule has 0 radical (unpaired) electrons. The largest absolute Gasteiger partial charge is 0.481 e. The first-order valence-electron chi connectivity index (χ1n) is 8.61. The second-order valence-electron chi connectivity index (χ2n) is 7.36. The van der Waals surface area contributed by atoms with E-state index in [-0.39, 0.29) is 12.1 Å². The summed E-state index contributed by atoms with van der Waals surface area (Å²) in [5.74, 6) is 0.649. The van der Waals surface area contributed by atoms with E-state index in [4.69, 9.17) is 4.74 Å². The van der Waals surface area contributed by atoms with E-state index in [1.807, 2.05) is 51.1 Å². The fourth-order valence-electron chi connectivity index (χ4n) is 3.20. The molecule has 0 saturated carbocycles. The predicted molar refractivity (Wildman–Crippen MR) is 102 cm³/mol. The Hall–Kier alpha value is -2.06. The molecule has 2 aliphatic rings. The maximum atomic E-state index is 12.8. The van der Waals surface area contributed by atoms with Crippen LogP contribution in [0.15, 0.2) is 24.3 Å². The van der Waals surface area contributed by atoms with Gasteiger partial charge in [0.2, 0.25) is 10.0 Å². The summed E-state index contributed by atoms with van der Waals surface area (Å²) in [7, 11) is -3.24. The fraction of sp³-hybridized carbons (Fsp3) is 0.500. The van der Waals surface area contributed by atoms with E-state index in [0.29, 0.717) is 31.1 Å². The molecule has 0 aromatic heterocycles. The zero-order valence-corrected chi connectivity index (χ0v) is 16.3. The number of ether oxygens (including phenoxy) is 1. The van der Waals surface area contributed by atoms with Gasteiger partial charge < -0.3 is 15.0 Å². The Morgan fingerprint density at radius 3 is 2.69 bits per heavy atom. The lowest BCUT2D eigenvalue weighted by atomic mass is 10.0. The summed E-state index contributed by atoms with van der Waals surface area (Å²) >= 11 is 0. The number of carbonyl (C=O) groups is 1. The number of piperazine rings is 1. The fourth-order valence-corrected chi connectivity index (χ4v) is 4.10. The quantitative estimate of drug-likeness (QED) is 0.856. The summed E-state index contributed by atoms with van der Waals surface area (Å²) in [5, 5.41) is 2.92. The van der Waals surface area contributed by atoms with Crippen LogP contribution in [0, 0.1) is 0 Å². The molecular weight excluding hydrogens is 354 g/mol. The molecule has 0 spiro atoms. The van der Waals surface area contributed by atoms with Gasteiger partial charge in [-0.15, -0.1) is 0 Å². The minimum atomic E-state index is -3.24. The van der Waals surface area contributed by atoms with Crippen molar-refractivity contribution in [3.63, 3.8) is 0 Å². The number of sulfonamides is 1. The molecule has 1 unspecified atom stereocenters. The summed E-state index contributed by atoms with van der Waals surface area (Å²) in [5.41, 5.74) is 1.09. The molecule has 3 rings (SSSR count). The van der Waals surface area contributed by atoms with Gasteiger partial charge in [0.05, 0.1) is 11.9 Å². The van der Waals surface area contributed by atoms with Gasteiger partial charge in [-0.3, -0.25) is 0 Å². The van der Waals surface area contributed by atoms with Crippen molar-refractivity contribution >= 4 is 27.8 Å². The molecule has 1 N–H and O–H groups in total. The van der Waals surface area contributed by atoms with E-state index in [1.165, 1.54) is 10.6 Å². The van der Waals surface area contributed by atoms with E-state index in [1.54, 1.807) is 4.90 Å². The molecule has 26 heavy (non-hydrogen) atoms. The molecule has 8 heteroatoms. The van der Waals surface area contributed by atoms with E-state index in [2.05, 4.69) is 5.32 Å². The van der Waals surface area contributed by atoms with Crippen molar-refractivity contribution in [3.8, 4) is 5.75 Å². The van der Waals surface area contributed by atoms with Crippen LogP contribution in [0.5, 0.6) is 5.75 Å². The summed E-state index contributed by atoms with van der Waals surface area (Å²) in [6.45, 7) is 6.71. The van der Waals surface area contributed by atoms with Crippen molar-refractivity contribution in [2.45, 2.75) is 32.4 Å². The van der Waals surface area contributed by atoms with Crippen LogP contribution < -0.4 is 10.1 Å². The summed E-state index contributed by atoms with van der Waals surface area (Å²) < 4.78 is 30.8. The van der Waals surface area contributed by atoms with Crippen LogP contribution in [-0.2, 0) is 10.0 Å². The van der Waals surface area contributed by atoms with Gasteiger partial charge in [-0.25, -0.2) is 13.2 Å². The van der Waals surface area contributed by atoms with Gasteiger partial charge in [-0.05, 0) is 32.9 Å². The highest BCUT2D eigenvalue weighted by molar-refractivity contribution is 7.88. The van der Waals surface area contributed by atoms with Crippen LogP contribution in [0.4, 0.5) is 10.5 Å². The number of hydrogen-bond acceptors (Lipinski definition) is 4. The van der Waals surface area contributed by atoms with Crippen molar-refractivity contribution in [1.82, 2.24) is 9.21 Å². The van der Waals surface area contributed by atoms with Gasteiger partial charge in [0, 0.05) is 31.2 Å². The lowest BCUT2D eigenvalue weighted by Crippen LogP contribution is -2.56.